The number of nitrogens with one attached hydrogen (secondary N) is 2. The summed E-state index contributed by atoms with van der Waals surface area (Å²) in [6, 6.07) is -0.188. The summed E-state index contributed by atoms with van der Waals surface area (Å²) in [5, 5.41) is 6.04. The number of hydrogen-bond acceptors (Lipinski definition) is 4. The van der Waals surface area contributed by atoms with Crippen LogP contribution in [0, 0.1) is 11.8 Å². The molecule has 0 aromatic rings. The first-order valence-electron chi connectivity index (χ1n) is 22.2. The Balaban J connectivity index is 1.93. The molecule has 2 unspecified atom stereocenters. The minimum absolute atomic E-state index is 0.0941. The molecule has 0 heterocycles. The Morgan fingerprint density at radius 1 is 0.420 bits per heavy atom. The van der Waals surface area contributed by atoms with E-state index >= 15 is 0 Å². The van der Waals surface area contributed by atoms with Crippen LogP contribution in [0.15, 0.2) is 0 Å². The molecule has 1 fully saturated rings. The third kappa shape index (κ3) is 31.3. The first-order chi connectivity index (χ1) is 24.4. The van der Waals surface area contributed by atoms with Crippen molar-refractivity contribution in [3.05, 3.63) is 0 Å². The summed E-state index contributed by atoms with van der Waals surface area (Å²) in [4.78, 5) is 24.9. The van der Waals surface area contributed by atoms with Gasteiger partial charge in [0, 0.05) is 0 Å². The van der Waals surface area contributed by atoms with Gasteiger partial charge in [-0.25, -0.2) is 9.59 Å². The number of unbranched alkanes of at least 4 members (excludes halogenated alkanes) is 24. The van der Waals surface area contributed by atoms with E-state index < -0.39 is 0 Å². The van der Waals surface area contributed by atoms with Gasteiger partial charge in [-0.2, -0.15) is 0 Å². The van der Waals surface area contributed by atoms with E-state index in [1.807, 2.05) is 0 Å². The summed E-state index contributed by atoms with van der Waals surface area (Å²) < 4.78 is 11.0. The van der Waals surface area contributed by atoms with Crippen LogP contribution in [-0.4, -0.2) is 37.5 Å². The number of ether oxygens (including phenoxy) is 2. The van der Waals surface area contributed by atoms with Crippen molar-refractivity contribution < 1.29 is 19.1 Å². The molecule has 1 aliphatic rings. The van der Waals surface area contributed by atoms with Gasteiger partial charge in [0.2, 0.25) is 0 Å². The Labute approximate surface area is 311 Å². The van der Waals surface area contributed by atoms with Crippen molar-refractivity contribution in [2.24, 2.45) is 11.8 Å². The van der Waals surface area contributed by atoms with E-state index in [0.29, 0.717) is 13.2 Å². The molecule has 1 saturated carbocycles. The molecule has 0 aliphatic heterocycles. The lowest BCUT2D eigenvalue weighted by Gasteiger charge is -2.32. The maximum atomic E-state index is 12.5. The molecule has 2 atom stereocenters. The molecule has 0 radical (unpaired) electrons. The summed E-state index contributed by atoms with van der Waals surface area (Å²) in [7, 11) is 0. The first-order valence-corrected chi connectivity index (χ1v) is 22.2. The summed E-state index contributed by atoms with van der Waals surface area (Å²) >= 11 is 0. The fourth-order valence-corrected chi connectivity index (χ4v) is 7.39. The van der Waals surface area contributed by atoms with Gasteiger partial charge in [-0.3, -0.25) is 0 Å². The third-order valence-electron chi connectivity index (χ3n) is 10.7. The van der Waals surface area contributed by atoms with Crippen LogP contribution in [0.1, 0.15) is 233 Å². The molecule has 0 aromatic heterocycles. The molecule has 1 rings (SSSR count). The molecule has 0 saturated heterocycles. The molecule has 2 N–H and O–H groups in total. The lowest BCUT2D eigenvalue weighted by atomic mass is 9.90. The molecule has 6 heteroatoms. The van der Waals surface area contributed by atoms with E-state index in [4.69, 9.17) is 9.47 Å². The van der Waals surface area contributed by atoms with Gasteiger partial charge >= 0.3 is 12.2 Å². The van der Waals surface area contributed by atoms with Crippen molar-refractivity contribution in [3.63, 3.8) is 0 Å². The predicted molar refractivity (Wildman–Crippen MR) is 214 cm³/mol. The fourth-order valence-electron chi connectivity index (χ4n) is 7.39. The van der Waals surface area contributed by atoms with Gasteiger partial charge in [0.05, 0.1) is 25.3 Å². The van der Waals surface area contributed by atoms with Gasteiger partial charge in [-0.1, -0.05) is 207 Å². The second-order valence-electron chi connectivity index (χ2n) is 16.6. The van der Waals surface area contributed by atoms with Crippen LogP contribution in [0.25, 0.3) is 0 Å². The third-order valence-corrected chi connectivity index (χ3v) is 10.7. The van der Waals surface area contributed by atoms with Crippen molar-refractivity contribution in [2.75, 3.05) is 13.2 Å². The van der Waals surface area contributed by atoms with E-state index in [0.717, 1.165) is 63.2 Å². The molecule has 0 spiro atoms. The van der Waals surface area contributed by atoms with Gasteiger partial charge in [0.1, 0.15) is 0 Å². The smallest absolute Gasteiger partial charge is 0.407 e. The minimum Gasteiger partial charge on any atom is -0.450 e. The second-order valence-corrected chi connectivity index (χ2v) is 16.6. The zero-order chi connectivity index (χ0) is 36.3. The molecule has 2 amide bonds. The van der Waals surface area contributed by atoms with Gasteiger partial charge in [-0.15, -0.1) is 0 Å². The van der Waals surface area contributed by atoms with Gasteiger partial charge in [-0.05, 0) is 37.5 Å². The number of alkyl carbamates (subject to hydrolysis) is 2. The number of carbonyl (C=O) groups is 2. The molecule has 1 aliphatic carbocycles. The molecular formula is C44H86N2O4. The lowest BCUT2D eigenvalue weighted by Crippen LogP contribution is -2.53. The van der Waals surface area contributed by atoms with Crippen LogP contribution in [0.4, 0.5) is 9.59 Å². The number of carbonyl (C=O) groups excluding carboxylic acids is 2. The lowest BCUT2D eigenvalue weighted by molar-refractivity contribution is 0.122. The van der Waals surface area contributed by atoms with Gasteiger partial charge in [0.25, 0.3) is 0 Å². The number of rotatable bonds is 34. The molecule has 296 valence electrons. The van der Waals surface area contributed by atoms with E-state index in [1.165, 1.54) is 154 Å². The zero-order valence-electron chi connectivity index (χ0n) is 34.0. The van der Waals surface area contributed by atoms with Crippen LogP contribution >= 0.6 is 0 Å². The monoisotopic (exact) mass is 707 g/mol. The Hall–Kier alpha value is -1.46. The fraction of sp³-hybridized carbons (Fsp3) is 0.955. The molecular weight excluding hydrogens is 620 g/mol. The first kappa shape index (κ1) is 46.6. The topological polar surface area (TPSA) is 76.7 Å². The van der Waals surface area contributed by atoms with E-state index in [1.54, 1.807) is 0 Å². The Bertz CT molecular complexity index is 696. The summed E-state index contributed by atoms with van der Waals surface area (Å²) in [5.41, 5.74) is 0. The average Bonchev–Trinajstić information content (AvgIpc) is 3.08. The summed E-state index contributed by atoms with van der Waals surface area (Å²) in [6.45, 7) is 10.2. The average molecular weight is 707 g/mol. The van der Waals surface area contributed by atoms with Crippen molar-refractivity contribution in [2.45, 2.75) is 245 Å². The minimum atomic E-state index is -0.357. The van der Waals surface area contributed by atoms with Crippen LogP contribution < -0.4 is 10.6 Å². The highest BCUT2D eigenvalue weighted by Gasteiger charge is 2.28. The molecule has 0 aromatic carbocycles. The van der Waals surface area contributed by atoms with Crippen LogP contribution in [0.3, 0.4) is 0 Å². The van der Waals surface area contributed by atoms with Crippen molar-refractivity contribution >= 4 is 12.2 Å². The van der Waals surface area contributed by atoms with Crippen molar-refractivity contribution in [3.8, 4) is 0 Å². The van der Waals surface area contributed by atoms with Crippen molar-refractivity contribution in [1.29, 1.82) is 0 Å². The zero-order valence-corrected chi connectivity index (χ0v) is 34.0. The maximum Gasteiger partial charge on any atom is 0.407 e. The quantitative estimate of drug-likeness (QED) is 0.0653. The molecule has 6 nitrogen and oxygen atoms in total. The summed E-state index contributed by atoms with van der Waals surface area (Å²) in [6.07, 6.45) is 40.0. The highest BCUT2D eigenvalue weighted by atomic mass is 16.6. The van der Waals surface area contributed by atoms with Crippen LogP contribution in [-0.2, 0) is 9.47 Å². The largest absolute Gasteiger partial charge is 0.450 e. The summed E-state index contributed by atoms with van der Waals surface area (Å²) in [5.74, 6) is 1.71. The van der Waals surface area contributed by atoms with Crippen LogP contribution in [0.2, 0.25) is 0 Å². The number of hydrogen-bond donors (Lipinski definition) is 2. The Morgan fingerprint density at radius 2 is 0.660 bits per heavy atom. The standard InChI is InChI=1S/C44H86N2O4/c1-39(2)33-27-23-19-15-11-7-5-9-13-17-21-25-31-37-49-43(47)45-41-35-29-30-36-42(41)46-44(48)50-38-32-26-22-18-14-10-6-8-12-16-20-24-28-34-40(3)4/h39-42H,5-38H2,1-4H3,(H,45,47)(H,46,48). The maximum absolute atomic E-state index is 12.5. The van der Waals surface area contributed by atoms with Gasteiger partial charge < -0.3 is 20.1 Å². The Morgan fingerprint density at radius 3 is 0.920 bits per heavy atom. The predicted octanol–water partition coefficient (Wildman–Crippen LogP) is 14.0. The van der Waals surface area contributed by atoms with E-state index in [-0.39, 0.29) is 24.3 Å². The normalized spacial score (nSPS) is 16.2. The highest BCUT2D eigenvalue weighted by molar-refractivity contribution is 5.69. The SMILES string of the molecule is CC(C)CCCCCCCCCCCCCCCOC(=O)NC1CCCCC1NC(=O)OCCCCCCCCCCCCCCCC(C)C. The van der Waals surface area contributed by atoms with Crippen molar-refractivity contribution in [1.82, 2.24) is 10.6 Å². The second kappa shape index (κ2) is 34.6. The number of amides is 2. The van der Waals surface area contributed by atoms with E-state index in [2.05, 4.69) is 38.3 Å². The van der Waals surface area contributed by atoms with Crippen LogP contribution in [0.5, 0.6) is 0 Å². The van der Waals surface area contributed by atoms with E-state index in [9.17, 15) is 9.59 Å². The molecule has 0 bridgehead atoms. The van der Waals surface area contributed by atoms with Gasteiger partial charge in [0.15, 0.2) is 0 Å². The Kier molecular flexibility index (Phi) is 32.2. The molecule has 50 heavy (non-hydrogen) atoms. The highest BCUT2D eigenvalue weighted by Crippen LogP contribution is 2.20.